The van der Waals surface area contributed by atoms with Crippen LogP contribution in [0, 0.1) is 0 Å². The highest BCUT2D eigenvalue weighted by atomic mass is 16.5. The van der Waals surface area contributed by atoms with Crippen molar-refractivity contribution < 1.29 is 24.5 Å². The number of hydrogen-bond acceptors (Lipinski definition) is 5. The van der Waals surface area contributed by atoms with E-state index in [4.69, 9.17) is 4.74 Å². The average Bonchev–Trinajstić information content (AvgIpc) is 3.27. The number of rotatable bonds is 50. The van der Waals surface area contributed by atoms with Crippen molar-refractivity contribution in [2.45, 2.75) is 296 Å². The molecule has 0 aromatic carbocycles. The third kappa shape index (κ3) is 47.6. The molecular weight excluding hydrogens is 767 g/mol. The van der Waals surface area contributed by atoms with Gasteiger partial charge in [-0.15, -0.1) is 0 Å². The molecule has 0 radical (unpaired) electrons. The van der Waals surface area contributed by atoms with Crippen molar-refractivity contribution in [2.75, 3.05) is 13.2 Å². The van der Waals surface area contributed by atoms with Crippen molar-refractivity contribution >= 4 is 11.9 Å². The second kappa shape index (κ2) is 51.7. The van der Waals surface area contributed by atoms with Gasteiger partial charge in [0.05, 0.1) is 25.4 Å². The van der Waals surface area contributed by atoms with E-state index in [9.17, 15) is 19.8 Å². The maximum absolute atomic E-state index is 12.4. The van der Waals surface area contributed by atoms with Gasteiger partial charge in [0.25, 0.3) is 0 Å². The minimum absolute atomic E-state index is 0.00931. The summed E-state index contributed by atoms with van der Waals surface area (Å²) in [7, 11) is 0. The molecule has 0 aromatic heterocycles. The molecule has 0 aliphatic carbocycles. The van der Waals surface area contributed by atoms with Gasteiger partial charge in [-0.05, 0) is 57.8 Å². The van der Waals surface area contributed by atoms with Crippen molar-refractivity contribution in [3.8, 4) is 0 Å². The van der Waals surface area contributed by atoms with Crippen LogP contribution in [0.5, 0.6) is 0 Å². The summed E-state index contributed by atoms with van der Waals surface area (Å²) in [6, 6.07) is -0.631. The molecule has 0 aliphatic heterocycles. The zero-order chi connectivity index (χ0) is 45.1. The number of carbonyl (C=O) groups is 2. The number of nitrogens with one attached hydrogen (secondary N) is 1. The predicted octanol–water partition coefficient (Wildman–Crippen LogP) is 16.5. The summed E-state index contributed by atoms with van der Waals surface area (Å²) >= 11 is 0. The third-order valence-electron chi connectivity index (χ3n) is 12.4. The first-order valence-electron chi connectivity index (χ1n) is 27.3. The quantitative estimate of drug-likeness (QED) is 0.0321. The van der Waals surface area contributed by atoms with Crippen LogP contribution in [0.3, 0.4) is 0 Å². The summed E-state index contributed by atoms with van der Waals surface area (Å²) in [4.78, 5) is 24.4. The van der Waals surface area contributed by atoms with Crippen LogP contribution in [-0.2, 0) is 14.3 Å². The number of unbranched alkanes of at least 4 members (excludes halogenated alkanes) is 35. The van der Waals surface area contributed by atoms with Crippen molar-refractivity contribution in [3.05, 3.63) is 36.5 Å². The molecule has 2 atom stereocenters. The minimum atomic E-state index is -0.847. The van der Waals surface area contributed by atoms with Crippen LogP contribution < -0.4 is 5.32 Å². The summed E-state index contributed by atoms with van der Waals surface area (Å²) < 4.78 is 5.46. The van der Waals surface area contributed by atoms with Gasteiger partial charge >= 0.3 is 5.97 Å². The average molecular weight is 872 g/mol. The van der Waals surface area contributed by atoms with Crippen LogP contribution in [0.4, 0.5) is 0 Å². The summed E-state index contributed by atoms with van der Waals surface area (Å²) in [5.41, 5.74) is 0. The van der Waals surface area contributed by atoms with Gasteiger partial charge in [0.1, 0.15) is 0 Å². The first kappa shape index (κ1) is 60.1. The van der Waals surface area contributed by atoms with E-state index in [2.05, 4.69) is 43.5 Å². The number of amides is 1. The molecule has 0 rings (SSSR count). The van der Waals surface area contributed by atoms with Crippen LogP contribution in [-0.4, -0.2) is 47.4 Å². The Morgan fingerprint density at radius 3 is 1.29 bits per heavy atom. The molecule has 0 saturated carbocycles. The lowest BCUT2D eigenvalue weighted by atomic mass is 10.0. The Bertz CT molecular complexity index is 1010. The fourth-order valence-corrected chi connectivity index (χ4v) is 8.20. The first-order valence-corrected chi connectivity index (χ1v) is 27.3. The number of aliphatic hydroxyl groups is 2. The molecule has 2 unspecified atom stereocenters. The van der Waals surface area contributed by atoms with Gasteiger partial charge in [-0.3, -0.25) is 9.59 Å². The normalized spacial score (nSPS) is 12.9. The zero-order valence-corrected chi connectivity index (χ0v) is 41.4. The standard InChI is InChI=1S/C56H105NO5/c1-3-5-7-9-11-13-15-17-25-28-32-36-40-44-48-54(59)53(52-58)57-55(60)49-45-41-37-33-29-26-22-20-18-19-21-23-27-31-35-39-43-47-51-62-56(61)50-46-42-38-34-30-24-16-14-12-10-8-6-4-2/h8,10,14,16,44,48,53-54,58-59H,3-7,9,11-13,15,17-43,45-47,49-52H2,1-2H3,(H,57,60)/b10-8-,16-14-,48-44+. The molecule has 0 fully saturated rings. The van der Waals surface area contributed by atoms with Crippen LogP contribution in [0.25, 0.3) is 0 Å². The largest absolute Gasteiger partial charge is 0.466 e. The summed E-state index contributed by atoms with van der Waals surface area (Å²) in [6.07, 6.45) is 62.9. The molecule has 6 heteroatoms. The van der Waals surface area contributed by atoms with E-state index >= 15 is 0 Å². The fourth-order valence-electron chi connectivity index (χ4n) is 8.20. The molecule has 0 saturated heterocycles. The van der Waals surface area contributed by atoms with E-state index in [1.807, 2.05) is 6.08 Å². The molecule has 0 aliphatic rings. The number of hydrogen-bond donors (Lipinski definition) is 3. The molecule has 62 heavy (non-hydrogen) atoms. The smallest absolute Gasteiger partial charge is 0.305 e. The molecule has 0 aromatic rings. The molecule has 6 nitrogen and oxygen atoms in total. The van der Waals surface area contributed by atoms with Gasteiger partial charge in [0.15, 0.2) is 0 Å². The van der Waals surface area contributed by atoms with Crippen molar-refractivity contribution in [3.63, 3.8) is 0 Å². The van der Waals surface area contributed by atoms with E-state index in [1.165, 1.54) is 205 Å². The Hall–Kier alpha value is -1.92. The molecular formula is C56H105NO5. The van der Waals surface area contributed by atoms with Crippen molar-refractivity contribution in [1.82, 2.24) is 5.32 Å². The summed E-state index contributed by atoms with van der Waals surface area (Å²) in [5.74, 6) is -0.0818. The highest BCUT2D eigenvalue weighted by Gasteiger charge is 2.18. The van der Waals surface area contributed by atoms with E-state index in [1.54, 1.807) is 6.08 Å². The van der Waals surface area contributed by atoms with Gasteiger partial charge in [0.2, 0.25) is 5.91 Å². The number of aliphatic hydroxyl groups excluding tert-OH is 2. The molecule has 0 bridgehead atoms. The Labute approximate surface area is 385 Å². The Morgan fingerprint density at radius 2 is 0.839 bits per heavy atom. The lowest BCUT2D eigenvalue weighted by Crippen LogP contribution is -2.45. The molecule has 3 N–H and O–H groups in total. The van der Waals surface area contributed by atoms with E-state index < -0.39 is 12.1 Å². The predicted molar refractivity (Wildman–Crippen MR) is 269 cm³/mol. The fraction of sp³-hybridized carbons (Fsp3) is 0.857. The summed E-state index contributed by atoms with van der Waals surface area (Å²) in [5, 5.41) is 23.1. The number of ether oxygens (including phenoxy) is 1. The molecule has 0 spiro atoms. The van der Waals surface area contributed by atoms with E-state index in [0.29, 0.717) is 19.4 Å². The van der Waals surface area contributed by atoms with Crippen LogP contribution >= 0.6 is 0 Å². The van der Waals surface area contributed by atoms with Crippen LogP contribution in [0.1, 0.15) is 284 Å². The second-order valence-electron chi connectivity index (χ2n) is 18.6. The summed E-state index contributed by atoms with van der Waals surface area (Å²) in [6.45, 7) is 4.82. The van der Waals surface area contributed by atoms with Crippen LogP contribution in [0.2, 0.25) is 0 Å². The lowest BCUT2D eigenvalue weighted by molar-refractivity contribution is -0.143. The van der Waals surface area contributed by atoms with Gasteiger partial charge in [-0.25, -0.2) is 0 Å². The highest BCUT2D eigenvalue weighted by molar-refractivity contribution is 5.76. The Morgan fingerprint density at radius 1 is 0.452 bits per heavy atom. The maximum atomic E-state index is 12.4. The van der Waals surface area contributed by atoms with Gasteiger partial charge < -0.3 is 20.3 Å². The van der Waals surface area contributed by atoms with Gasteiger partial charge in [-0.2, -0.15) is 0 Å². The minimum Gasteiger partial charge on any atom is -0.466 e. The zero-order valence-electron chi connectivity index (χ0n) is 41.4. The number of allylic oxidation sites excluding steroid dienone is 5. The number of carbonyl (C=O) groups excluding carboxylic acids is 2. The van der Waals surface area contributed by atoms with E-state index in [0.717, 1.165) is 51.4 Å². The van der Waals surface area contributed by atoms with Crippen molar-refractivity contribution in [1.29, 1.82) is 0 Å². The Balaban J connectivity index is 3.44. The highest BCUT2D eigenvalue weighted by Crippen LogP contribution is 2.16. The first-order chi connectivity index (χ1) is 30.5. The monoisotopic (exact) mass is 872 g/mol. The third-order valence-corrected chi connectivity index (χ3v) is 12.4. The van der Waals surface area contributed by atoms with Crippen LogP contribution in [0.15, 0.2) is 36.5 Å². The SMILES string of the molecule is CCC/C=C\C/C=C\CCCCCCCC(=O)OCCCCCCCCCCCCCCCCCCCCC(=O)NC(CO)C(O)/C=C/CCCCCCCCCCCCCC. The maximum Gasteiger partial charge on any atom is 0.305 e. The van der Waals surface area contributed by atoms with Crippen molar-refractivity contribution in [2.24, 2.45) is 0 Å². The van der Waals surface area contributed by atoms with Gasteiger partial charge in [0, 0.05) is 12.8 Å². The topological polar surface area (TPSA) is 95.9 Å². The van der Waals surface area contributed by atoms with E-state index in [-0.39, 0.29) is 18.5 Å². The molecule has 0 heterocycles. The van der Waals surface area contributed by atoms with Gasteiger partial charge in [-0.1, -0.05) is 249 Å². The number of esters is 1. The second-order valence-corrected chi connectivity index (χ2v) is 18.6. The Kier molecular flexibility index (Phi) is 50.1. The molecule has 1 amide bonds. The lowest BCUT2D eigenvalue weighted by Gasteiger charge is -2.20. The molecule has 364 valence electrons.